The van der Waals surface area contributed by atoms with Gasteiger partial charge in [-0.05, 0) is 31.1 Å². The van der Waals surface area contributed by atoms with Gasteiger partial charge in [0, 0.05) is 24.3 Å². The maximum absolute atomic E-state index is 12.5. The van der Waals surface area contributed by atoms with Gasteiger partial charge in [-0.2, -0.15) is 0 Å². The second-order valence-corrected chi connectivity index (χ2v) is 8.74. The zero-order chi connectivity index (χ0) is 16.3. The van der Waals surface area contributed by atoms with Crippen molar-refractivity contribution in [3.05, 3.63) is 0 Å². The summed E-state index contributed by atoms with van der Waals surface area (Å²) in [5, 5.41) is 3.13. The number of hydrogen-bond acceptors (Lipinski definition) is 4. The molecule has 126 valence electrons. The highest BCUT2D eigenvalue weighted by atomic mass is 32.2. The third-order valence-corrected chi connectivity index (χ3v) is 5.32. The smallest absolute Gasteiger partial charge is 0.243 e. The van der Waals surface area contributed by atoms with Crippen LogP contribution in [0.1, 0.15) is 52.9 Å². The van der Waals surface area contributed by atoms with Crippen LogP contribution in [0.15, 0.2) is 0 Å². The van der Waals surface area contributed by atoms with E-state index in [1.807, 2.05) is 0 Å². The van der Waals surface area contributed by atoms with E-state index in [0.717, 1.165) is 25.7 Å². The van der Waals surface area contributed by atoms with Gasteiger partial charge in [0.05, 0.1) is 5.88 Å². The molecule has 1 aliphatic heterocycles. The van der Waals surface area contributed by atoms with Gasteiger partial charge in [0.25, 0.3) is 0 Å². The van der Waals surface area contributed by atoms with E-state index in [9.17, 15) is 9.59 Å². The summed E-state index contributed by atoms with van der Waals surface area (Å²) in [6.45, 7) is 6.15. The number of thioether (sulfide) groups is 1. The molecule has 1 heterocycles. The molecule has 2 amide bonds. The minimum atomic E-state index is -0.310. The Balaban J connectivity index is 1.89. The van der Waals surface area contributed by atoms with Crippen molar-refractivity contribution >= 4 is 23.6 Å². The number of hydrogen-bond donors (Lipinski definition) is 2. The average Bonchev–Trinajstić information content (AvgIpc) is 2.89. The predicted octanol–water partition coefficient (Wildman–Crippen LogP) is 1.71. The molecule has 5 nitrogen and oxygen atoms in total. The largest absolute Gasteiger partial charge is 0.352 e. The summed E-state index contributed by atoms with van der Waals surface area (Å²) >= 11 is 1.66. The summed E-state index contributed by atoms with van der Waals surface area (Å²) in [6.07, 6.45) is 4.31. The Labute approximate surface area is 137 Å². The number of nitrogens with one attached hydrogen (secondary N) is 1. The SMILES string of the molecule is CC(C)(C)CC(=O)N1CSCC1C(=O)NC1CCC(N)CC1. The highest BCUT2D eigenvalue weighted by Gasteiger charge is 2.36. The number of nitrogens with zero attached hydrogens (tertiary/aromatic N) is 1. The van der Waals surface area contributed by atoms with Crippen LogP contribution < -0.4 is 11.1 Å². The van der Waals surface area contributed by atoms with Gasteiger partial charge in [-0.25, -0.2) is 0 Å². The fourth-order valence-corrected chi connectivity index (χ4v) is 4.20. The normalized spacial score (nSPS) is 29.5. The van der Waals surface area contributed by atoms with E-state index in [2.05, 4.69) is 26.1 Å². The van der Waals surface area contributed by atoms with Gasteiger partial charge in [0.2, 0.25) is 11.8 Å². The van der Waals surface area contributed by atoms with Crippen LogP contribution in [0.5, 0.6) is 0 Å². The molecule has 0 aromatic rings. The number of amides is 2. The molecule has 22 heavy (non-hydrogen) atoms. The molecule has 1 saturated carbocycles. The van der Waals surface area contributed by atoms with E-state index >= 15 is 0 Å². The summed E-state index contributed by atoms with van der Waals surface area (Å²) in [6, 6.07) is 0.188. The van der Waals surface area contributed by atoms with Crippen LogP contribution in [0.25, 0.3) is 0 Å². The lowest BCUT2D eigenvalue weighted by atomic mass is 9.91. The molecule has 3 N–H and O–H groups in total. The second kappa shape index (κ2) is 7.21. The molecular formula is C16H29N3O2S. The Kier molecular flexibility index (Phi) is 5.77. The maximum atomic E-state index is 12.5. The quantitative estimate of drug-likeness (QED) is 0.827. The van der Waals surface area contributed by atoms with Crippen LogP contribution in [0, 0.1) is 5.41 Å². The van der Waals surface area contributed by atoms with Crippen molar-refractivity contribution in [2.75, 3.05) is 11.6 Å². The van der Waals surface area contributed by atoms with E-state index in [4.69, 9.17) is 5.73 Å². The van der Waals surface area contributed by atoms with Gasteiger partial charge in [-0.3, -0.25) is 9.59 Å². The van der Waals surface area contributed by atoms with Gasteiger partial charge < -0.3 is 16.0 Å². The minimum Gasteiger partial charge on any atom is -0.352 e. The lowest BCUT2D eigenvalue weighted by Gasteiger charge is -2.30. The van der Waals surface area contributed by atoms with E-state index in [1.54, 1.807) is 16.7 Å². The van der Waals surface area contributed by atoms with Crippen molar-refractivity contribution in [3.8, 4) is 0 Å². The first-order valence-corrected chi connectivity index (χ1v) is 9.35. The fraction of sp³-hybridized carbons (Fsp3) is 0.875. The van der Waals surface area contributed by atoms with Crippen LogP contribution in [0.4, 0.5) is 0 Å². The summed E-state index contributed by atoms with van der Waals surface area (Å²) in [5.74, 6) is 1.42. The molecule has 0 bridgehead atoms. The molecule has 2 aliphatic rings. The zero-order valence-corrected chi connectivity index (χ0v) is 14.7. The van der Waals surface area contributed by atoms with E-state index in [0.29, 0.717) is 18.1 Å². The molecule has 1 atom stereocenters. The molecular weight excluding hydrogens is 298 g/mol. The molecule has 0 radical (unpaired) electrons. The Bertz CT molecular complexity index is 414. The van der Waals surface area contributed by atoms with Crippen molar-refractivity contribution in [1.82, 2.24) is 10.2 Å². The highest BCUT2D eigenvalue weighted by Crippen LogP contribution is 2.27. The van der Waals surface area contributed by atoms with Crippen LogP contribution in [-0.2, 0) is 9.59 Å². The molecule has 2 rings (SSSR count). The second-order valence-electron chi connectivity index (χ2n) is 7.74. The van der Waals surface area contributed by atoms with E-state index in [-0.39, 0.29) is 35.4 Å². The summed E-state index contributed by atoms with van der Waals surface area (Å²) in [7, 11) is 0. The summed E-state index contributed by atoms with van der Waals surface area (Å²) in [4.78, 5) is 26.7. The maximum Gasteiger partial charge on any atom is 0.243 e. The third kappa shape index (κ3) is 4.88. The molecule has 1 unspecified atom stereocenters. The van der Waals surface area contributed by atoms with Gasteiger partial charge in [-0.1, -0.05) is 20.8 Å². The van der Waals surface area contributed by atoms with Crippen molar-refractivity contribution in [2.45, 2.75) is 71.0 Å². The van der Waals surface area contributed by atoms with Crippen LogP contribution in [0.2, 0.25) is 0 Å². The first-order chi connectivity index (χ1) is 10.3. The summed E-state index contributed by atoms with van der Waals surface area (Å²) in [5.41, 5.74) is 5.85. The third-order valence-electron chi connectivity index (χ3n) is 4.31. The Morgan fingerprint density at radius 3 is 2.45 bits per heavy atom. The molecule has 1 saturated heterocycles. The Morgan fingerprint density at radius 2 is 1.86 bits per heavy atom. The van der Waals surface area contributed by atoms with Crippen LogP contribution in [-0.4, -0.2) is 46.5 Å². The Hall–Kier alpha value is -0.750. The lowest BCUT2D eigenvalue weighted by Crippen LogP contribution is -2.51. The van der Waals surface area contributed by atoms with Crippen molar-refractivity contribution in [3.63, 3.8) is 0 Å². The van der Waals surface area contributed by atoms with Crippen LogP contribution >= 0.6 is 11.8 Å². The summed E-state index contributed by atoms with van der Waals surface area (Å²) < 4.78 is 0. The molecule has 0 spiro atoms. The monoisotopic (exact) mass is 327 g/mol. The minimum absolute atomic E-state index is 0.00716. The molecule has 0 aromatic heterocycles. The van der Waals surface area contributed by atoms with E-state index < -0.39 is 0 Å². The van der Waals surface area contributed by atoms with Gasteiger partial charge >= 0.3 is 0 Å². The molecule has 6 heteroatoms. The number of carbonyl (C=O) groups excluding carboxylic acids is 2. The number of carbonyl (C=O) groups is 2. The standard InChI is InChI=1S/C16H29N3O2S/c1-16(2,3)8-14(20)19-10-22-9-13(19)15(21)18-12-6-4-11(17)5-7-12/h11-13H,4-10,17H2,1-3H3,(H,18,21). The number of rotatable bonds is 3. The molecule has 2 fully saturated rings. The van der Waals surface area contributed by atoms with Crippen LogP contribution in [0.3, 0.4) is 0 Å². The lowest BCUT2D eigenvalue weighted by molar-refractivity contribution is -0.139. The topological polar surface area (TPSA) is 75.4 Å². The number of nitrogens with two attached hydrogens (primary N) is 1. The Morgan fingerprint density at radius 1 is 1.23 bits per heavy atom. The van der Waals surface area contributed by atoms with Crippen molar-refractivity contribution < 1.29 is 9.59 Å². The first kappa shape index (κ1) is 17.6. The van der Waals surface area contributed by atoms with Gasteiger partial charge in [0.1, 0.15) is 6.04 Å². The van der Waals surface area contributed by atoms with Crippen molar-refractivity contribution in [2.24, 2.45) is 11.1 Å². The predicted molar refractivity (Wildman–Crippen MR) is 90.4 cm³/mol. The van der Waals surface area contributed by atoms with Crippen molar-refractivity contribution in [1.29, 1.82) is 0 Å². The highest BCUT2D eigenvalue weighted by molar-refractivity contribution is 7.99. The van der Waals surface area contributed by atoms with Gasteiger partial charge in [0.15, 0.2) is 0 Å². The van der Waals surface area contributed by atoms with E-state index in [1.165, 1.54) is 0 Å². The fourth-order valence-electron chi connectivity index (χ4n) is 3.02. The zero-order valence-electron chi connectivity index (χ0n) is 13.9. The molecule has 1 aliphatic carbocycles. The van der Waals surface area contributed by atoms with Gasteiger partial charge in [-0.15, -0.1) is 11.8 Å². The average molecular weight is 327 g/mol. The first-order valence-electron chi connectivity index (χ1n) is 8.19. The molecule has 0 aromatic carbocycles.